The summed E-state index contributed by atoms with van der Waals surface area (Å²) in [5.74, 6) is 0.419. The second-order valence-corrected chi connectivity index (χ2v) is 7.14. The predicted molar refractivity (Wildman–Crippen MR) is 111 cm³/mol. The van der Waals surface area contributed by atoms with Gasteiger partial charge in [0.25, 0.3) is 5.91 Å². The first-order valence-electron chi connectivity index (χ1n) is 8.92. The summed E-state index contributed by atoms with van der Waals surface area (Å²) >= 11 is 1.65. The highest BCUT2D eigenvalue weighted by atomic mass is 32.2. The van der Waals surface area contributed by atoms with E-state index in [4.69, 9.17) is 9.47 Å². The Kier molecular flexibility index (Phi) is 7.32. The zero-order chi connectivity index (χ0) is 19.6. The number of hydrogen-bond acceptors (Lipinski definition) is 5. The lowest BCUT2D eigenvalue weighted by Gasteiger charge is -2.08. The number of esters is 1. The lowest BCUT2D eigenvalue weighted by molar-refractivity contribution is -0.150. The van der Waals surface area contributed by atoms with Crippen molar-refractivity contribution in [1.82, 2.24) is 5.32 Å². The smallest absolute Gasteiger partial charge is 0.344 e. The molecule has 3 aromatic carbocycles. The Morgan fingerprint density at radius 3 is 2.43 bits per heavy atom. The molecule has 3 aromatic rings. The highest BCUT2D eigenvalue weighted by Crippen LogP contribution is 2.20. The maximum Gasteiger partial charge on any atom is 0.344 e. The van der Waals surface area contributed by atoms with Gasteiger partial charge in [-0.15, -0.1) is 11.8 Å². The van der Waals surface area contributed by atoms with Crippen LogP contribution in [0.3, 0.4) is 0 Å². The van der Waals surface area contributed by atoms with Gasteiger partial charge in [0.1, 0.15) is 5.75 Å². The topological polar surface area (TPSA) is 64.6 Å². The molecule has 6 heteroatoms. The molecule has 0 saturated heterocycles. The number of benzene rings is 3. The first-order chi connectivity index (χ1) is 13.7. The van der Waals surface area contributed by atoms with Crippen molar-refractivity contribution < 1.29 is 19.1 Å². The molecule has 28 heavy (non-hydrogen) atoms. The molecule has 0 aliphatic heterocycles. The molecule has 0 aliphatic carbocycles. The summed E-state index contributed by atoms with van der Waals surface area (Å²) in [6.45, 7) is -0.0467. The fourth-order valence-electron chi connectivity index (χ4n) is 2.51. The Balaban J connectivity index is 1.31. The third-order valence-corrected chi connectivity index (χ3v) is 4.89. The van der Waals surface area contributed by atoms with E-state index in [-0.39, 0.29) is 19.1 Å². The van der Waals surface area contributed by atoms with Gasteiger partial charge >= 0.3 is 5.97 Å². The van der Waals surface area contributed by atoms with Crippen LogP contribution >= 0.6 is 11.8 Å². The van der Waals surface area contributed by atoms with Gasteiger partial charge in [-0.3, -0.25) is 4.79 Å². The van der Waals surface area contributed by atoms with Crippen LogP contribution in [0, 0.1) is 0 Å². The van der Waals surface area contributed by atoms with Crippen LogP contribution in [-0.4, -0.2) is 37.4 Å². The minimum atomic E-state index is -0.582. The minimum Gasteiger partial charge on any atom is -0.482 e. The van der Waals surface area contributed by atoms with Crippen molar-refractivity contribution in [3.63, 3.8) is 0 Å². The van der Waals surface area contributed by atoms with Gasteiger partial charge in [-0.25, -0.2) is 4.79 Å². The molecule has 0 saturated carbocycles. The van der Waals surface area contributed by atoms with Crippen LogP contribution in [0.1, 0.15) is 0 Å². The Morgan fingerprint density at radius 1 is 0.857 bits per heavy atom. The number of carbonyl (C=O) groups excluding carboxylic acids is 2. The predicted octanol–water partition coefficient (Wildman–Crippen LogP) is 3.67. The molecule has 5 nitrogen and oxygen atoms in total. The fourth-order valence-corrected chi connectivity index (χ4v) is 3.30. The van der Waals surface area contributed by atoms with Crippen LogP contribution in [0.5, 0.6) is 5.75 Å². The summed E-state index contributed by atoms with van der Waals surface area (Å²) in [4.78, 5) is 24.7. The first-order valence-corrected chi connectivity index (χ1v) is 9.91. The Bertz CT molecular complexity index is 930. The van der Waals surface area contributed by atoms with Gasteiger partial charge in [-0.1, -0.05) is 48.5 Å². The number of carbonyl (C=O) groups is 2. The summed E-state index contributed by atoms with van der Waals surface area (Å²) in [5.41, 5.74) is 0. The molecule has 0 heterocycles. The maximum atomic E-state index is 11.8. The van der Waals surface area contributed by atoms with Crippen LogP contribution < -0.4 is 10.1 Å². The SMILES string of the molecule is O=C(COC(=O)COc1ccc2ccccc2c1)NCCSc1ccccc1. The van der Waals surface area contributed by atoms with Gasteiger partial charge in [-0.05, 0) is 35.0 Å². The Labute approximate surface area is 168 Å². The second-order valence-electron chi connectivity index (χ2n) is 5.97. The summed E-state index contributed by atoms with van der Waals surface area (Å²) in [5, 5.41) is 4.85. The molecule has 3 rings (SSSR count). The minimum absolute atomic E-state index is 0.241. The van der Waals surface area contributed by atoms with Crippen molar-refractivity contribution >= 4 is 34.4 Å². The number of fused-ring (bicyclic) bond motifs is 1. The van der Waals surface area contributed by atoms with Crippen LogP contribution in [0.15, 0.2) is 77.7 Å². The van der Waals surface area contributed by atoms with Crippen molar-refractivity contribution in [3.8, 4) is 5.75 Å². The number of nitrogens with one attached hydrogen (secondary N) is 1. The Morgan fingerprint density at radius 2 is 1.61 bits per heavy atom. The molecule has 144 valence electrons. The van der Waals surface area contributed by atoms with Gasteiger partial charge in [0, 0.05) is 17.2 Å². The van der Waals surface area contributed by atoms with E-state index >= 15 is 0 Å². The van der Waals surface area contributed by atoms with E-state index < -0.39 is 5.97 Å². The van der Waals surface area contributed by atoms with E-state index in [1.165, 1.54) is 0 Å². The number of thioether (sulfide) groups is 1. The molecule has 0 unspecified atom stereocenters. The van der Waals surface area contributed by atoms with Crippen molar-refractivity contribution in [2.45, 2.75) is 4.90 Å². The fraction of sp³-hybridized carbons (Fsp3) is 0.182. The van der Waals surface area contributed by atoms with Crippen LogP contribution in [0.4, 0.5) is 0 Å². The lowest BCUT2D eigenvalue weighted by atomic mass is 10.1. The molecule has 0 spiro atoms. The van der Waals surface area contributed by atoms with Crippen LogP contribution in [-0.2, 0) is 14.3 Å². The van der Waals surface area contributed by atoms with Crippen molar-refractivity contribution in [1.29, 1.82) is 0 Å². The van der Waals surface area contributed by atoms with Gasteiger partial charge in [0.2, 0.25) is 0 Å². The second kappa shape index (κ2) is 10.4. The summed E-state index contributed by atoms with van der Waals surface area (Å²) in [6.07, 6.45) is 0. The summed E-state index contributed by atoms with van der Waals surface area (Å²) in [6, 6.07) is 23.4. The third-order valence-electron chi connectivity index (χ3n) is 3.88. The quantitative estimate of drug-likeness (QED) is 0.340. The molecule has 1 amide bonds. The number of hydrogen-bond donors (Lipinski definition) is 1. The number of amides is 1. The molecule has 1 N–H and O–H groups in total. The van der Waals surface area contributed by atoms with Crippen molar-refractivity contribution in [2.24, 2.45) is 0 Å². The monoisotopic (exact) mass is 395 g/mol. The lowest BCUT2D eigenvalue weighted by Crippen LogP contribution is -2.31. The molecular formula is C22H21NO4S. The van der Waals surface area contributed by atoms with Gasteiger partial charge in [0.15, 0.2) is 13.2 Å². The first kappa shape index (κ1) is 19.8. The molecule has 0 fully saturated rings. The van der Waals surface area contributed by atoms with Crippen LogP contribution in [0.25, 0.3) is 10.8 Å². The molecular weight excluding hydrogens is 374 g/mol. The van der Waals surface area contributed by atoms with Crippen molar-refractivity contribution in [3.05, 3.63) is 72.8 Å². The highest BCUT2D eigenvalue weighted by Gasteiger charge is 2.08. The van der Waals surface area contributed by atoms with Gasteiger partial charge in [0.05, 0.1) is 0 Å². The zero-order valence-electron chi connectivity index (χ0n) is 15.3. The highest BCUT2D eigenvalue weighted by molar-refractivity contribution is 7.99. The average molecular weight is 395 g/mol. The number of ether oxygens (including phenoxy) is 2. The molecule has 0 aromatic heterocycles. The molecule has 0 bridgehead atoms. The maximum absolute atomic E-state index is 11.8. The summed E-state index contributed by atoms with van der Waals surface area (Å²) in [7, 11) is 0. The molecule has 0 radical (unpaired) electrons. The zero-order valence-corrected chi connectivity index (χ0v) is 16.1. The Hall–Kier alpha value is -2.99. The van der Waals surface area contributed by atoms with Gasteiger partial charge < -0.3 is 14.8 Å². The van der Waals surface area contributed by atoms with E-state index in [9.17, 15) is 9.59 Å². The summed E-state index contributed by atoms with van der Waals surface area (Å²) < 4.78 is 10.4. The van der Waals surface area contributed by atoms with Crippen molar-refractivity contribution in [2.75, 3.05) is 25.5 Å². The van der Waals surface area contributed by atoms with E-state index in [0.717, 1.165) is 21.4 Å². The third kappa shape index (κ3) is 6.32. The van der Waals surface area contributed by atoms with Crippen LogP contribution in [0.2, 0.25) is 0 Å². The average Bonchev–Trinajstić information content (AvgIpc) is 2.74. The van der Waals surface area contributed by atoms with E-state index in [0.29, 0.717) is 12.3 Å². The normalized spacial score (nSPS) is 10.4. The molecule has 0 atom stereocenters. The van der Waals surface area contributed by atoms with E-state index in [1.807, 2.05) is 66.7 Å². The van der Waals surface area contributed by atoms with Gasteiger partial charge in [-0.2, -0.15) is 0 Å². The largest absolute Gasteiger partial charge is 0.482 e. The molecule has 0 aliphatic rings. The van der Waals surface area contributed by atoms with E-state index in [2.05, 4.69) is 5.32 Å². The number of rotatable bonds is 9. The van der Waals surface area contributed by atoms with E-state index in [1.54, 1.807) is 17.8 Å². The standard InChI is InChI=1S/C22H21NO4S/c24-21(23-12-13-28-20-8-2-1-3-9-20)15-27-22(25)16-26-19-11-10-17-6-4-5-7-18(17)14-19/h1-11,14H,12-13,15-16H2,(H,23,24).